The van der Waals surface area contributed by atoms with Crippen LogP contribution in [0.25, 0.3) is 0 Å². The second kappa shape index (κ2) is 9.94. The molecule has 0 saturated heterocycles. The third-order valence-electron chi connectivity index (χ3n) is 4.19. The monoisotopic (exact) mass is 390 g/mol. The van der Waals surface area contributed by atoms with Crippen LogP contribution in [0.1, 0.15) is 16.7 Å². The van der Waals surface area contributed by atoms with Gasteiger partial charge in [-0.2, -0.15) is 0 Å². The van der Waals surface area contributed by atoms with Crippen molar-refractivity contribution in [3.63, 3.8) is 0 Å². The molecule has 2 N–H and O–H groups in total. The number of carboxylic acid groups (broad SMARTS) is 1. The largest absolute Gasteiger partial charge is 0.497 e. The van der Waals surface area contributed by atoms with Gasteiger partial charge in [0.15, 0.2) is 0 Å². The fraction of sp³-hybridized carbons (Fsp3) is 0.130. The molecule has 3 aromatic carbocycles. The molecule has 29 heavy (non-hydrogen) atoms. The van der Waals surface area contributed by atoms with Crippen molar-refractivity contribution in [3.05, 3.63) is 89.5 Å². The molecule has 6 heteroatoms. The quantitative estimate of drug-likeness (QED) is 0.542. The normalized spacial score (nSPS) is 10.7. The van der Waals surface area contributed by atoms with Crippen LogP contribution in [-0.4, -0.2) is 24.5 Å². The SMILES string of the molecule is COc1ccc(/C=N/c2ccc(CNC(=O)O)cc2)c(OCc2ccccc2)c1. The molecule has 0 aliphatic rings. The van der Waals surface area contributed by atoms with Crippen LogP contribution in [0.5, 0.6) is 11.5 Å². The molecule has 0 aliphatic heterocycles. The zero-order valence-corrected chi connectivity index (χ0v) is 16.0. The van der Waals surface area contributed by atoms with Gasteiger partial charge in [0, 0.05) is 24.4 Å². The van der Waals surface area contributed by atoms with Crippen LogP contribution in [-0.2, 0) is 13.2 Å². The van der Waals surface area contributed by atoms with E-state index in [1.807, 2.05) is 72.8 Å². The maximum absolute atomic E-state index is 10.6. The van der Waals surface area contributed by atoms with Crippen LogP contribution in [0.3, 0.4) is 0 Å². The van der Waals surface area contributed by atoms with Crippen molar-refractivity contribution in [1.82, 2.24) is 5.32 Å². The first-order chi connectivity index (χ1) is 14.1. The Labute approximate surface area is 169 Å². The average molecular weight is 390 g/mol. The first-order valence-corrected chi connectivity index (χ1v) is 9.08. The molecule has 0 spiro atoms. The average Bonchev–Trinajstić information content (AvgIpc) is 2.76. The Hall–Kier alpha value is -3.80. The maximum atomic E-state index is 10.6. The fourth-order valence-electron chi connectivity index (χ4n) is 2.63. The number of aliphatic imine (C=N–C) groups is 1. The third kappa shape index (κ3) is 6.10. The molecular weight excluding hydrogens is 368 g/mol. The number of ether oxygens (including phenoxy) is 2. The number of amides is 1. The number of benzene rings is 3. The second-order valence-corrected chi connectivity index (χ2v) is 6.26. The van der Waals surface area contributed by atoms with E-state index in [-0.39, 0.29) is 6.54 Å². The van der Waals surface area contributed by atoms with Crippen molar-refractivity contribution < 1.29 is 19.4 Å². The molecule has 0 aromatic heterocycles. The van der Waals surface area contributed by atoms with Crippen LogP contribution in [0, 0.1) is 0 Å². The van der Waals surface area contributed by atoms with E-state index >= 15 is 0 Å². The second-order valence-electron chi connectivity index (χ2n) is 6.26. The predicted molar refractivity (Wildman–Crippen MR) is 112 cm³/mol. The van der Waals surface area contributed by atoms with Crippen LogP contribution in [0.15, 0.2) is 77.8 Å². The van der Waals surface area contributed by atoms with Gasteiger partial charge in [0.25, 0.3) is 0 Å². The Morgan fingerprint density at radius 3 is 2.48 bits per heavy atom. The molecule has 0 atom stereocenters. The molecule has 0 bridgehead atoms. The van der Waals surface area contributed by atoms with Crippen LogP contribution >= 0.6 is 0 Å². The van der Waals surface area contributed by atoms with Crippen molar-refractivity contribution >= 4 is 18.0 Å². The molecule has 0 aliphatic carbocycles. The molecule has 0 radical (unpaired) electrons. The molecule has 0 saturated carbocycles. The highest BCUT2D eigenvalue weighted by Gasteiger charge is 2.05. The minimum atomic E-state index is -1.05. The minimum Gasteiger partial charge on any atom is -0.497 e. The van der Waals surface area contributed by atoms with Gasteiger partial charge in [-0.05, 0) is 35.4 Å². The summed E-state index contributed by atoms with van der Waals surface area (Å²) in [5.41, 5.74) is 3.53. The van der Waals surface area contributed by atoms with Crippen molar-refractivity contribution in [1.29, 1.82) is 0 Å². The molecule has 0 fully saturated rings. The summed E-state index contributed by atoms with van der Waals surface area (Å²) < 4.78 is 11.3. The predicted octanol–water partition coefficient (Wildman–Crippen LogP) is 4.79. The smallest absolute Gasteiger partial charge is 0.404 e. The Balaban J connectivity index is 1.72. The van der Waals surface area contributed by atoms with Gasteiger partial charge >= 0.3 is 6.09 Å². The van der Waals surface area contributed by atoms with E-state index in [0.29, 0.717) is 18.1 Å². The van der Waals surface area contributed by atoms with Crippen LogP contribution < -0.4 is 14.8 Å². The highest BCUT2D eigenvalue weighted by molar-refractivity contribution is 5.85. The van der Waals surface area contributed by atoms with Crippen LogP contribution in [0.2, 0.25) is 0 Å². The number of hydrogen-bond acceptors (Lipinski definition) is 4. The fourth-order valence-corrected chi connectivity index (χ4v) is 2.63. The van der Waals surface area contributed by atoms with E-state index in [4.69, 9.17) is 14.6 Å². The molecule has 0 heterocycles. The molecule has 3 rings (SSSR count). The first kappa shape index (κ1) is 19.9. The van der Waals surface area contributed by atoms with E-state index in [1.54, 1.807) is 13.3 Å². The lowest BCUT2D eigenvalue weighted by molar-refractivity contribution is 0.194. The van der Waals surface area contributed by atoms with E-state index < -0.39 is 6.09 Å². The molecule has 6 nitrogen and oxygen atoms in total. The van der Waals surface area contributed by atoms with Gasteiger partial charge in [0.1, 0.15) is 18.1 Å². The summed E-state index contributed by atoms with van der Waals surface area (Å²) in [6.45, 7) is 0.704. The Morgan fingerprint density at radius 2 is 1.79 bits per heavy atom. The molecule has 1 amide bonds. The van der Waals surface area contributed by atoms with Gasteiger partial charge in [-0.25, -0.2) is 4.79 Å². The zero-order chi connectivity index (χ0) is 20.5. The van der Waals surface area contributed by atoms with Crippen molar-refractivity contribution in [2.45, 2.75) is 13.2 Å². The topological polar surface area (TPSA) is 80.2 Å². The van der Waals surface area contributed by atoms with E-state index in [0.717, 1.165) is 22.4 Å². The molecule has 0 unspecified atom stereocenters. The summed E-state index contributed by atoms with van der Waals surface area (Å²) in [5.74, 6) is 1.39. The first-order valence-electron chi connectivity index (χ1n) is 9.08. The number of nitrogens with one attached hydrogen (secondary N) is 1. The number of nitrogens with zero attached hydrogens (tertiary/aromatic N) is 1. The summed E-state index contributed by atoms with van der Waals surface area (Å²) in [7, 11) is 1.62. The van der Waals surface area contributed by atoms with Gasteiger partial charge < -0.3 is 19.9 Å². The lowest BCUT2D eigenvalue weighted by atomic mass is 10.2. The molecule has 148 valence electrons. The lowest BCUT2D eigenvalue weighted by Crippen LogP contribution is -2.19. The summed E-state index contributed by atoms with van der Waals surface area (Å²) in [6.07, 6.45) is 0.694. The highest BCUT2D eigenvalue weighted by atomic mass is 16.5. The van der Waals surface area contributed by atoms with Gasteiger partial charge in [0.2, 0.25) is 0 Å². The highest BCUT2D eigenvalue weighted by Crippen LogP contribution is 2.25. The van der Waals surface area contributed by atoms with Gasteiger partial charge in [0.05, 0.1) is 12.8 Å². The van der Waals surface area contributed by atoms with Gasteiger partial charge in [-0.3, -0.25) is 4.99 Å². The van der Waals surface area contributed by atoms with Gasteiger partial charge in [-0.1, -0.05) is 42.5 Å². The molecule has 3 aromatic rings. The van der Waals surface area contributed by atoms with Crippen LogP contribution in [0.4, 0.5) is 10.5 Å². The number of hydrogen-bond donors (Lipinski definition) is 2. The minimum absolute atomic E-state index is 0.259. The summed E-state index contributed by atoms with van der Waals surface area (Å²) >= 11 is 0. The Bertz CT molecular complexity index is 970. The summed E-state index contributed by atoms with van der Waals surface area (Å²) in [5, 5.41) is 11.0. The van der Waals surface area contributed by atoms with Crippen molar-refractivity contribution in [2.24, 2.45) is 4.99 Å². The standard InChI is InChI=1S/C23H22N2O4/c1-28-21-12-9-19(22(13-21)29-16-18-5-3-2-4-6-18)15-24-20-10-7-17(8-11-20)14-25-23(26)27/h2-13,15,25H,14,16H2,1H3,(H,26,27)/b24-15+. The Morgan fingerprint density at radius 1 is 1.03 bits per heavy atom. The van der Waals surface area contributed by atoms with E-state index in [2.05, 4.69) is 10.3 Å². The zero-order valence-electron chi connectivity index (χ0n) is 16.0. The summed E-state index contributed by atoms with van der Waals surface area (Å²) in [6, 6.07) is 22.9. The Kier molecular flexibility index (Phi) is 6.84. The van der Waals surface area contributed by atoms with E-state index in [1.165, 1.54) is 0 Å². The lowest BCUT2D eigenvalue weighted by Gasteiger charge is -2.11. The van der Waals surface area contributed by atoms with Crippen molar-refractivity contribution in [3.8, 4) is 11.5 Å². The number of rotatable bonds is 8. The van der Waals surface area contributed by atoms with Crippen molar-refractivity contribution in [2.75, 3.05) is 7.11 Å². The number of carbonyl (C=O) groups is 1. The number of methoxy groups -OCH3 is 1. The van der Waals surface area contributed by atoms with Gasteiger partial charge in [-0.15, -0.1) is 0 Å². The third-order valence-corrected chi connectivity index (χ3v) is 4.19. The summed E-state index contributed by atoms with van der Waals surface area (Å²) in [4.78, 5) is 15.1. The molecular formula is C23H22N2O4. The maximum Gasteiger partial charge on any atom is 0.404 e. The van der Waals surface area contributed by atoms with E-state index in [9.17, 15) is 4.79 Å².